The average Bonchev–Trinajstić information content (AvgIpc) is 3.85. The Balaban J connectivity index is 0.00000656. The Hall–Kier alpha value is -5.51. The van der Waals surface area contributed by atoms with E-state index in [9.17, 15) is 5.11 Å². The molecule has 0 radical (unpaired) electrons. The normalized spacial score (nSPS) is 15.0. The number of fused-ring (bicyclic) bond motifs is 4. The summed E-state index contributed by atoms with van der Waals surface area (Å²) in [5, 5.41) is 15.0. The molecule has 0 unspecified atom stereocenters. The number of aromatic nitrogens is 4. The fourth-order valence-electron chi connectivity index (χ4n) is 11.8. The van der Waals surface area contributed by atoms with Gasteiger partial charge in [-0.15, -0.1) is 17.7 Å². The molecule has 0 fully saturated rings. The van der Waals surface area contributed by atoms with Crippen LogP contribution in [0.1, 0.15) is 170 Å². The summed E-state index contributed by atoms with van der Waals surface area (Å²) < 4.78 is 4.85. The van der Waals surface area contributed by atoms with Crippen LogP contribution in [0, 0.1) is 11.5 Å². The van der Waals surface area contributed by atoms with E-state index in [4.69, 9.17) is 9.97 Å². The van der Waals surface area contributed by atoms with Gasteiger partial charge in [0.05, 0.1) is 22.3 Å². The van der Waals surface area contributed by atoms with Crippen molar-refractivity contribution in [2.75, 3.05) is 0 Å². The Morgan fingerprint density at radius 1 is 0.603 bits per heavy atom. The fourth-order valence-corrected chi connectivity index (χ4v) is 11.8. The molecule has 6 heteroatoms. The average molecular weight is 1150 g/mol. The molecule has 73 heavy (non-hydrogen) atoms. The minimum atomic E-state index is -0.337. The van der Waals surface area contributed by atoms with E-state index in [2.05, 4.69) is 244 Å². The second kappa shape index (κ2) is 17.0. The second-order valence-electron chi connectivity index (χ2n) is 27.6. The minimum Gasteiger partial charge on any atom is -0.507 e. The molecule has 0 atom stereocenters. The smallest absolute Gasteiger partial charge is 0.148 e. The summed E-state index contributed by atoms with van der Waals surface area (Å²) in [5.41, 5.74) is 18.8. The van der Waals surface area contributed by atoms with Gasteiger partial charge in [0.2, 0.25) is 0 Å². The van der Waals surface area contributed by atoms with Crippen LogP contribution in [0.15, 0.2) is 103 Å². The topological polar surface area (TPSA) is 55.4 Å². The molecule has 1 aliphatic rings. The summed E-state index contributed by atoms with van der Waals surface area (Å²) >= 11 is 0. The van der Waals surface area contributed by atoms with Crippen LogP contribution in [0.25, 0.3) is 77.7 Å². The van der Waals surface area contributed by atoms with Gasteiger partial charge in [0.1, 0.15) is 11.6 Å². The van der Waals surface area contributed by atoms with Crippen molar-refractivity contribution in [3.63, 3.8) is 0 Å². The fraction of sp³-hybridized carbons (Fsp3) is 0.403. The van der Waals surface area contributed by atoms with Crippen LogP contribution in [0.5, 0.6) is 5.75 Å². The maximum absolute atomic E-state index is 12.7. The van der Waals surface area contributed by atoms with E-state index in [1.54, 1.807) is 0 Å². The quantitative estimate of drug-likeness (QED) is 0.138. The van der Waals surface area contributed by atoms with Gasteiger partial charge in [-0.2, -0.15) is 0 Å². The van der Waals surface area contributed by atoms with Crippen molar-refractivity contribution in [1.29, 1.82) is 0 Å². The molecule has 1 aliphatic carbocycles. The second-order valence-corrected chi connectivity index (χ2v) is 27.6. The predicted molar refractivity (Wildman–Crippen MR) is 306 cm³/mol. The molecule has 5 nitrogen and oxygen atoms in total. The van der Waals surface area contributed by atoms with Gasteiger partial charge in [-0.1, -0.05) is 203 Å². The summed E-state index contributed by atoms with van der Waals surface area (Å²) in [5.74, 6) is 0.955. The maximum atomic E-state index is 12.7. The third-order valence-corrected chi connectivity index (χ3v) is 16.4. The van der Waals surface area contributed by atoms with Crippen LogP contribution in [-0.4, -0.2) is 24.0 Å². The Morgan fingerprint density at radius 3 is 1.86 bits per heavy atom. The molecule has 382 valence electrons. The molecule has 0 aliphatic heterocycles. The number of rotatable bonds is 5. The predicted octanol–water partition coefficient (Wildman–Crippen LogP) is 17.8. The van der Waals surface area contributed by atoms with E-state index in [1.165, 1.54) is 44.2 Å². The van der Waals surface area contributed by atoms with Gasteiger partial charge in [-0.05, 0) is 114 Å². The standard InChI is InChI=1S/C67H77N4O.Pt/c1-61(2,3)37-41-38-70-57-46(56-53-48(30-31-68-56)66(16,17)67(18,19)54(41)58(53)70)32-40(33-49(57)64(10,11)12)44-26-23-27-52-55(44)69-60(47-35-43(63(7,8)9)36-50(59(47)72)65(13,14)15)71(52)51-29-28-42(62(4,5)6)34-45(51)39-24-21-20-22-25-39;/h20-31,33-36,38,72H,37H2,1-19H3;/q-1;. The van der Waals surface area contributed by atoms with Crippen LogP contribution < -0.4 is 0 Å². The van der Waals surface area contributed by atoms with Gasteiger partial charge < -0.3 is 9.51 Å². The molecule has 0 saturated carbocycles. The number of hydrogen-bond acceptors (Lipinski definition) is 3. The number of phenols is 1. The molecule has 9 aromatic rings. The largest absolute Gasteiger partial charge is 0.507 e. The van der Waals surface area contributed by atoms with Crippen molar-refractivity contribution in [3.8, 4) is 45.1 Å². The van der Waals surface area contributed by atoms with E-state index in [0.29, 0.717) is 11.4 Å². The first kappa shape index (κ1) is 52.4. The number of nitrogens with zero attached hydrogens (tertiary/aromatic N) is 4. The summed E-state index contributed by atoms with van der Waals surface area (Å²) in [6, 6.07) is 37.3. The first-order chi connectivity index (χ1) is 33.3. The summed E-state index contributed by atoms with van der Waals surface area (Å²) in [6.07, 6.45) is 5.47. The molecule has 4 aromatic heterocycles. The monoisotopic (exact) mass is 1150 g/mol. The SMILES string of the molecule is CC(C)(C)Cc1cn2c3c(C(C)(C)C)cc(-c4cccc5c4nc(-c4cc(C(C)(C)C)cc(C(C)(C)C)c4O)n5-c4ccc(C(C)(C)C)cc4-c4ccccc4)[c-]c3c3nccc4c3c2c1C(C)(C)C4(C)C.[Pt]. The third kappa shape index (κ3) is 8.39. The van der Waals surface area contributed by atoms with E-state index in [1.807, 2.05) is 6.20 Å². The third-order valence-electron chi connectivity index (χ3n) is 16.4. The van der Waals surface area contributed by atoms with Gasteiger partial charge in [0, 0.05) is 61.0 Å². The van der Waals surface area contributed by atoms with Crippen molar-refractivity contribution < 1.29 is 26.2 Å². The maximum Gasteiger partial charge on any atom is 0.148 e. The zero-order chi connectivity index (χ0) is 52.2. The molecule has 0 spiro atoms. The number of pyridine rings is 2. The van der Waals surface area contributed by atoms with Crippen LogP contribution in [0.2, 0.25) is 0 Å². The van der Waals surface area contributed by atoms with Crippen LogP contribution in [0.3, 0.4) is 0 Å². The summed E-state index contributed by atoms with van der Waals surface area (Å²) in [7, 11) is 0. The van der Waals surface area contributed by atoms with Gasteiger partial charge in [-0.25, -0.2) is 4.98 Å². The minimum absolute atomic E-state index is 0. The van der Waals surface area contributed by atoms with Gasteiger partial charge >= 0.3 is 0 Å². The van der Waals surface area contributed by atoms with Gasteiger partial charge in [0.15, 0.2) is 0 Å². The number of aromatic hydroxyl groups is 1. The van der Waals surface area contributed by atoms with Crippen LogP contribution in [0.4, 0.5) is 0 Å². The summed E-state index contributed by atoms with van der Waals surface area (Å²) in [6.45, 7) is 43.9. The summed E-state index contributed by atoms with van der Waals surface area (Å²) in [4.78, 5) is 11.1. The Morgan fingerprint density at radius 2 is 1.25 bits per heavy atom. The van der Waals surface area contributed by atoms with Crippen LogP contribution >= 0.6 is 0 Å². The molecule has 10 rings (SSSR count). The Kier molecular flexibility index (Phi) is 12.2. The molecule has 0 saturated heterocycles. The van der Waals surface area contributed by atoms with Crippen molar-refractivity contribution in [3.05, 3.63) is 148 Å². The van der Waals surface area contributed by atoms with E-state index < -0.39 is 0 Å². The van der Waals surface area contributed by atoms with E-state index in [0.717, 1.165) is 67.4 Å². The zero-order valence-electron chi connectivity index (χ0n) is 47.1. The molecule has 4 heterocycles. The van der Waals surface area contributed by atoms with E-state index in [-0.39, 0.29) is 64.7 Å². The first-order valence-corrected chi connectivity index (χ1v) is 26.3. The number of phenolic OH excluding ortho intramolecular Hbond substituents is 1. The number of benzene rings is 5. The molecule has 1 N–H and O–H groups in total. The van der Waals surface area contributed by atoms with Crippen molar-refractivity contribution in [2.24, 2.45) is 5.41 Å². The van der Waals surface area contributed by atoms with Crippen molar-refractivity contribution in [2.45, 2.75) is 170 Å². The molecule has 0 bridgehead atoms. The van der Waals surface area contributed by atoms with Gasteiger partial charge in [-0.3, -0.25) is 9.55 Å². The Labute approximate surface area is 450 Å². The number of para-hydroxylation sites is 1. The zero-order valence-corrected chi connectivity index (χ0v) is 49.3. The number of imidazole rings is 1. The molecule has 5 aromatic carbocycles. The first-order valence-electron chi connectivity index (χ1n) is 26.3. The molecule has 0 amide bonds. The molecular weight excluding hydrogens is 1070 g/mol. The number of hydrogen-bond donors (Lipinski definition) is 1. The van der Waals surface area contributed by atoms with Crippen molar-refractivity contribution >= 4 is 38.4 Å². The van der Waals surface area contributed by atoms with Gasteiger partial charge in [0.25, 0.3) is 0 Å². The van der Waals surface area contributed by atoms with E-state index >= 15 is 0 Å². The Bertz CT molecular complexity index is 3680. The van der Waals surface area contributed by atoms with Crippen LogP contribution in [-0.2, 0) is 60.0 Å². The molecular formula is C67H77N4OPt-. The van der Waals surface area contributed by atoms with Crippen molar-refractivity contribution in [1.82, 2.24) is 18.9 Å².